The Balaban J connectivity index is 1.80. The monoisotopic (exact) mass is 338 g/mol. The first-order valence-electron chi connectivity index (χ1n) is 7.65. The molecule has 0 spiro atoms. The molecule has 0 bridgehead atoms. The number of nitrogens with zero attached hydrogens (tertiary/aromatic N) is 3. The van der Waals surface area contributed by atoms with Crippen LogP contribution in [-0.2, 0) is 4.79 Å². The number of hydrogen-bond acceptors (Lipinski definition) is 4. The van der Waals surface area contributed by atoms with Crippen LogP contribution in [-0.4, -0.2) is 45.6 Å². The minimum absolute atomic E-state index is 0.0174. The van der Waals surface area contributed by atoms with Gasteiger partial charge in [-0.05, 0) is 25.0 Å². The molecule has 1 amide bonds. The third kappa shape index (κ3) is 3.27. The van der Waals surface area contributed by atoms with E-state index in [-0.39, 0.29) is 19.0 Å². The fourth-order valence-corrected chi connectivity index (χ4v) is 3.11. The molecule has 1 fully saturated rings. The van der Waals surface area contributed by atoms with E-state index in [2.05, 4.69) is 15.3 Å². The highest BCUT2D eigenvalue weighted by Gasteiger charge is 2.47. The summed E-state index contributed by atoms with van der Waals surface area (Å²) >= 11 is 0. The van der Waals surface area contributed by atoms with Gasteiger partial charge in [-0.1, -0.05) is 0 Å². The van der Waals surface area contributed by atoms with Crippen LogP contribution in [0.5, 0.6) is 0 Å². The average Bonchev–Trinajstić information content (AvgIpc) is 2.54. The van der Waals surface area contributed by atoms with Crippen molar-refractivity contribution < 1.29 is 18.0 Å². The van der Waals surface area contributed by atoms with Gasteiger partial charge in [0, 0.05) is 49.2 Å². The Morgan fingerprint density at radius 3 is 2.79 bits per heavy atom. The first-order chi connectivity index (χ1) is 11.4. The van der Waals surface area contributed by atoms with Crippen LogP contribution in [0.25, 0.3) is 10.9 Å². The van der Waals surface area contributed by atoms with E-state index in [1.165, 1.54) is 6.92 Å². The van der Waals surface area contributed by atoms with Crippen molar-refractivity contribution in [2.75, 3.05) is 11.9 Å². The molecule has 24 heavy (non-hydrogen) atoms. The van der Waals surface area contributed by atoms with Gasteiger partial charge in [0.25, 0.3) is 0 Å². The second-order valence-electron chi connectivity index (χ2n) is 5.90. The van der Waals surface area contributed by atoms with E-state index < -0.39 is 18.1 Å². The molecule has 3 heterocycles. The summed E-state index contributed by atoms with van der Waals surface area (Å²) in [4.78, 5) is 20.8. The zero-order chi connectivity index (χ0) is 17.3. The number of rotatable bonds is 2. The summed E-state index contributed by atoms with van der Waals surface area (Å²) in [6, 6.07) is 1.57. The van der Waals surface area contributed by atoms with E-state index in [1.807, 2.05) is 0 Å². The summed E-state index contributed by atoms with van der Waals surface area (Å²) in [5.74, 6) is -0.565. The van der Waals surface area contributed by atoms with Gasteiger partial charge in [-0.2, -0.15) is 13.2 Å². The van der Waals surface area contributed by atoms with Crippen LogP contribution in [0.3, 0.4) is 0 Å². The molecule has 2 unspecified atom stereocenters. The molecule has 2 atom stereocenters. The van der Waals surface area contributed by atoms with Gasteiger partial charge >= 0.3 is 6.18 Å². The molecular formula is C16H17F3N4O. The highest BCUT2D eigenvalue weighted by Crippen LogP contribution is 2.33. The van der Waals surface area contributed by atoms with Gasteiger partial charge in [-0.25, -0.2) is 0 Å². The topological polar surface area (TPSA) is 58.1 Å². The summed E-state index contributed by atoms with van der Waals surface area (Å²) in [6.07, 6.45) is 0.749. The van der Waals surface area contributed by atoms with Crippen molar-refractivity contribution in [1.29, 1.82) is 0 Å². The number of carbonyl (C=O) groups excluding carboxylic acids is 1. The number of piperidine rings is 1. The number of pyridine rings is 2. The highest BCUT2D eigenvalue weighted by atomic mass is 19.4. The molecule has 0 aliphatic carbocycles. The summed E-state index contributed by atoms with van der Waals surface area (Å²) in [6.45, 7) is 1.19. The Labute approximate surface area is 136 Å². The lowest BCUT2D eigenvalue weighted by Gasteiger charge is -2.40. The molecule has 1 aliphatic rings. The quantitative estimate of drug-likeness (QED) is 0.915. The number of carbonyl (C=O) groups is 1. The van der Waals surface area contributed by atoms with Gasteiger partial charge in [0.1, 0.15) is 6.04 Å². The molecule has 1 N–H and O–H groups in total. The SMILES string of the molecule is CC(=O)N1CC(Nc2ccnc3ccncc23)CCC1C(F)(F)F. The third-order valence-electron chi connectivity index (χ3n) is 4.27. The number of likely N-dealkylation sites (tertiary alicyclic amines) is 1. The van der Waals surface area contributed by atoms with Gasteiger partial charge in [-0.15, -0.1) is 0 Å². The predicted octanol–water partition coefficient (Wildman–Crippen LogP) is 2.98. The molecule has 1 aliphatic heterocycles. The van der Waals surface area contributed by atoms with Crippen LogP contribution in [0.1, 0.15) is 19.8 Å². The van der Waals surface area contributed by atoms with Crippen molar-refractivity contribution in [2.24, 2.45) is 0 Å². The predicted molar refractivity (Wildman–Crippen MR) is 83.4 cm³/mol. The summed E-state index contributed by atoms with van der Waals surface area (Å²) in [5.41, 5.74) is 1.51. The largest absolute Gasteiger partial charge is 0.408 e. The second-order valence-corrected chi connectivity index (χ2v) is 5.90. The number of aromatic nitrogens is 2. The van der Waals surface area contributed by atoms with Gasteiger partial charge < -0.3 is 10.2 Å². The van der Waals surface area contributed by atoms with Gasteiger partial charge in [0.05, 0.1) is 5.52 Å². The third-order valence-corrected chi connectivity index (χ3v) is 4.27. The molecule has 0 radical (unpaired) electrons. The Bertz CT molecular complexity index is 744. The number of anilines is 1. The maximum absolute atomic E-state index is 13.1. The van der Waals surface area contributed by atoms with Gasteiger partial charge in [-0.3, -0.25) is 14.8 Å². The molecule has 8 heteroatoms. The lowest BCUT2D eigenvalue weighted by atomic mass is 9.97. The van der Waals surface area contributed by atoms with Crippen molar-refractivity contribution in [3.8, 4) is 0 Å². The lowest BCUT2D eigenvalue weighted by Crippen LogP contribution is -2.55. The van der Waals surface area contributed by atoms with Crippen molar-refractivity contribution in [3.05, 3.63) is 30.7 Å². The zero-order valence-corrected chi connectivity index (χ0v) is 13.0. The minimum atomic E-state index is -4.40. The van der Waals surface area contributed by atoms with Crippen molar-refractivity contribution in [3.63, 3.8) is 0 Å². The molecular weight excluding hydrogens is 321 g/mol. The number of alkyl halides is 3. The van der Waals surface area contributed by atoms with Crippen molar-refractivity contribution in [2.45, 2.75) is 38.0 Å². The van der Waals surface area contributed by atoms with Crippen molar-refractivity contribution >= 4 is 22.5 Å². The number of nitrogens with one attached hydrogen (secondary N) is 1. The Morgan fingerprint density at radius 1 is 1.29 bits per heavy atom. The summed E-state index contributed by atoms with van der Waals surface area (Å²) in [5, 5.41) is 4.04. The Hall–Kier alpha value is -2.38. The molecule has 5 nitrogen and oxygen atoms in total. The highest BCUT2D eigenvalue weighted by molar-refractivity contribution is 5.90. The Morgan fingerprint density at radius 2 is 2.08 bits per heavy atom. The molecule has 1 saturated heterocycles. The minimum Gasteiger partial charge on any atom is -0.380 e. The summed E-state index contributed by atoms with van der Waals surface area (Å²) < 4.78 is 39.2. The average molecular weight is 338 g/mol. The molecule has 2 aromatic heterocycles. The van der Waals surface area contributed by atoms with Crippen LogP contribution in [0.4, 0.5) is 18.9 Å². The van der Waals surface area contributed by atoms with Crippen LogP contribution in [0.15, 0.2) is 30.7 Å². The van der Waals surface area contributed by atoms with Crippen LogP contribution >= 0.6 is 0 Å². The van der Waals surface area contributed by atoms with E-state index in [0.717, 1.165) is 21.5 Å². The first kappa shape index (κ1) is 16.5. The van der Waals surface area contributed by atoms with Crippen LogP contribution in [0.2, 0.25) is 0 Å². The normalized spacial score (nSPS) is 21.8. The van der Waals surface area contributed by atoms with Gasteiger partial charge in [0.2, 0.25) is 5.91 Å². The number of amides is 1. The maximum atomic E-state index is 13.1. The second kappa shape index (κ2) is 6.26. The van der Waals surface area contributed by atoms with Crippen LogP contribution < -0.4 is 5.32 Å². The molecule has 128 valence electrons. The van der Waals surface area contributed by atoms with E-state index in [9.17, 15) is 18.0 Å². The Kier molecular flexibility index (Phi) is 4.29. The fourth-order valence-electron chi connectivity index (χ4n) is 3.11. The zero-order valence-electron chi connectivity index (χ0n) is 13.0. The number of hydrogen-bond donors (Lipinski definition) is 1. The molecule has 0 aromatic carbocycles. The number of fused-ring (bicyclic) bond motifs is 1. The molecule has 3 rings (SSSR count). The number of halogens is 3. The van der Waals surface area contributed by atoms with E-state index in [1.54, 1.807) is 30.7 Å². The molecule has 2 aromatic rings. The van der Waals surface area contributed by atoms with Crippen LogP contribution in [0, 0.1) is 0 Å². The lowest BCUT2D eigenvalue weighted by molar-refractivity contribution is -0.195. The smallest absolute Gasteiger partial charge is 0.380 e. The van der Waals surface area contributed by atoms with E-state index >= 15 is 0 Å². The van der Waals surface area contributed by atoms with Gasteiger partial charge in [0.15, 0.2) is 0 Å². The molecule has 0 saturated carbocycles. The standard InChI is InChI=1S/C16H17F3N4O/c1-10(24)23-9-11(2-3-15(23)16(17,18)19)22-14-5-7-21-13-4-6-20-8-12(13)14/h4-8,11,15H,2-3,9H2,1H3,(H,21,22). The summed E-state index contributed by atoms with van der Waals surface area (Å²) in [7, 11) is 0. The van der Waals surface area contributed by atoms with Crippen molar-refractivity contribution in [1.82, 2.24) is 14.9 Å². The van der Waals surface area contributed by atoms with E-state index in [0.29, 0.717) is 6.42 Å². The first-order valence-corrected chi connectivity index (χ1v) is 7.65. The van der Waals surface area contributed by atoms with E-state index in [4.69, 9.17) is 0 Å². The fraction of sp³-hybridized carbons (Fsp3) is 0.438. The maximum Gasteiger partial charge on any atom is 0.408 e.